The van der Waals surface area contributed by atoms with E-state index in [1.807, 2.05) is 66.9 Å². The van der Waals surface area contributed by atoms with Gasteiger partial charge in [0.2, 0.25) is 0 Å². The molecule has 0 bridgehead atoms. The van der Waals surface area contributed by atoms with Crippen molar-refractivity contribution in [3.8, 4) is 0 Å². The summed E-state index contributed by atoms with van der Waals surface area (Å²) >= 11 is 56.5. The number of carboxylic acids is 1. The van der Waals surface area contributed by atoms with Crippen LogP contribution in [0.15, 0.2) is 177 Å². The minimum absolute atomic E-state index is 0.0255. The van der Waals surface area contributed by atoms with Crippen LogP contribution in [0.1, 0.15) is 69.4 Å². The monoisotopic (exact) mass is 1350 g/mol. The number of rotatable bonds is 10. The summed E-state index contributed by atoms with van der Waals surface area (Å²) < 4.78 is 0. The summed E-state index contributed by atoms with van der Waals surface area (Å²) in [4.78, 5) is 83.1. The Hall–Kier alpha value is -7.55. The first-order valence-corrected chi connectivity index (χ1v) is 28.5. The molecule has 12 aromatic rings. The van der Waals surface area contributed by atoms with Crippen LogP contribution >= 0.6 is 116 Å². The van der Waals surface area contributed by atoms with Crippen LogP contribution in [0.25, 0.3) is 33.1 Å². The van der Waals surface area contributed by atoms with Gasteiger partial charge in [-0.1, -0.05) is 129 Å². The number of nitrogens with one attached hydrogen (secondary N) is 3. The highest BCUT2D eigenvalue weighted by atomic mass is 35.5. The number of fused-ring (bicyclic) bond motifs is 3. The van der Waals surface area contributed by atoms with E-state index in [0.29, 0.717) is 38.6 Å². The standard InChI is InChI=1S/C21H15Cl2N3O.C13H7Cl2N3O.C7H7ClO.C7H6N2.C6H2Cl3NO.C6H3Cl2NO2/c22-14-6-3-13(4-7-14)5-8-15-9-10-17(20(23)26-15)19(27)18-12-25-21-16(18)2-1-11-24-21;14-10-4-3-8(12(15)18-10)11(19)9-6-17-13-7(9)2-1-5-16-13;8-7-3-1-6(5-9)2-4-7;1-2-6-3-5-9-7(6)8-4-1;7-4-2-1-3(6(9)11)5(8)10-4;7-4-2-1-3(6(10)11)5(8)9-4/h1-4,6-7,9-12H,5,8H2,(H,24,25);1-6H,(H,16,17);1-4,9H,5H2;1-5H,(H,8,9);1-2H;1-2H,(H,10,11). The molecule has 0 saturated heterocycles. The van der Waals surface area contributed by atoms with Gasteiger partial charge in [-0.05, 0) is 151 Å². The smallest absolute Gasteiger partial charge is 0.338 e. The quantitative estimate of drug-likeness (QED) is 0.0486. The van der Waals surface area contributed by atoms with Gasteiger partial charge < -0.3 is 25.2 Å². The van der Waals surface area contributed by atoms with E-state index in [-0.39, 0.29) is 65.4 Å². The second-order valence-electron chi connectivity index (χ2n) is 17.3. The minimum atomic E-state index is -1.11. The number of pyridine rings is 7. The average Bonchev–Trinajstić information content (AvgIpc) is 2.23. The van der Waals surface area contributed by atoms with E-state index in [0.717, 1.165) is 50.9 Å². The molecular formula is C60H40Cl10N10O6. The van der Waals surface area contributed by atoms with Crippen molar-refractivity contribution in [3.05, 3.63) is 273 Å². The number of benzene rings is 2. The van der Waals surface area contributed by atoms with Gasteiger partial charge in [0.15, 0.2) is 11.6 Å². The van der Waals surface area contributed by atoms with Gasteiger partial charge in [-0.25, -0.2) is 39.7 Å². The molecule has 0 aliphatic rings. The number of aromatic amines is 3. The first-order valence-electron chi connectivity index (χ1n) is 24.8. The molecule has 0 saturated carbocycles. The zero-order valence-corrected chi connectivity index (χ0v) is 51.4. The van der Waals surface area contributed by atoms with E-state index in [4.69, 9.17) is 126 Å². The molecule has 0 atom stereocenters. The number of nitrogens with zero attached hydrogens (tertiary/aromatic N) is 7. The summed E-state index contributed by atoms with van der Waals surface area (Å²) in [5.41, 5.74) is 7.05. The molecule has 0 amide bonds. The molecule has 10 aromatic heterocycles. The highest BCUT2D eigenvalue weighted by molar-refractivity contribution is 6.68. The molecule has 86 heavy (non-hydrogen) atoms. The van der Waals surface area contributed by atoms with Crippen molar-refractivity contribution in [2.45, 2.75) is 19.4 Å². The SMILES string of the molecule is O=C(Cl)c1ccc(Cl)nc1Cl.O=C(O)c1ccc(Cl)nc1Cl.O=C(c1ccc(CCc2ccc(Cl)cc2)nc1Cl)c1c[nH]c2ncccc12.O=C(c1ccc(Cl)nc1Cl)c1c[nH]c2ncccc12.OCc1ccc(Cl)cc1.c1cnc2[nH]ccc2c1. The normalized spacial score (nSPS) is 10.4. The fraction of sp³-hybridized carbons (Fsp3) is 0.0500. The molecule has 0 spiro atoms. The fourth-order valence-corrected chi connectivity index (χ4v) is 9.46. The fourth-order valence-electron chi connectivity index (χ4n) is 7.47. The van der Waals surface area contributed by atoms with Crippen LogP contribution in [0.5, 0.6) is 0 Å². The van der Waals surface area contributed by atoms with Crippen molar-refractivity contribution < 1.29 is 29.4 Å². The average molecular weight is 1350 g/mol. The Balaban J connectivity index is 0.000000157. The third kappa shape index (κ3) is 18.7. The van der Waals surface area contributed by atoms with Crippen molar-refractivity contribution in [1.82, 2.24) is 49.8 Å². The molecular weight excluding hydrogens is 1310 g/mol. The molecule has 0 radical (unpaired) electrons. The van der Waals surface area contributed by atoms with E-state index in [1.165, 1.54) is 35.9 Å². The summed E-state index contributed by atoms with van der Waals surface area (Å²) in [6.07, 6.45) is 11.8. The molecule has 16 nitrogen and oxygen atoms in total. The summed E-state index contributed by atoms with van der Waals surface area (Å²) in [5.74, 6) is -1.50. The van der Waals surface area contributed by atoms with Crippen LogP contribution in [-0.2, 0) is 19.4 Å². The van der Waals surface area contributed by atoms with Gasteiger partial charge in [0, 0.05) is 80.2 Å². The highest BCUT2D eigenvalue weighted by Crippen LogP contribution is 2.26. The van der Waals surface area contributed by atoms with E-state index in [9.17, 15) is 19.2 Å². The highest BCUT2D eigenvalue weighted by Gasteiger charge is 2.20. The zero-order valence-electron chi connectivity index (χ0n) is 43.8. The second-order valence-corrected chi connectivity index (χ2v) is 21.1. The Morgan fingerprint density at radius 2 is 0.849 bits per heavy atom. The number of carbonyl (C=O) groups excluding carboxylic acids is 3. The number of carboxylic acid groups (broad SMARTS) is 1. The predicted molar refractivity (Wildman–Crippen MR) is 341 cm³/mol. The van der Waals surface area contributed by atoms with Gasteiger partial charge >= 0.3 is 5.97 Å². The Morgan fingerprint density at radius 3 is 1.29 bits per heavy atom. The molecule has 0 aliphatic heterocycles. The number of hydrogen-bond donors (Lipinski definition) is 5. The number of aryl methyl sites for hydroxylation is 2. The largest absolute Gasteiger partial charge is 0.478 e. The summed E-state index contributed by atoms with van der Waals surface area (Å²) in [6.45, 7) is 0.0805. The molecule has 0 unspecified atom stereocenters. The van der Waals surface area contributed by atoms with Gasteiger partial charge in [-0.2, -0.15) is 0 Å². The molecule has 436 valence electrons. The molecule has 0 fully saturated rings. The topological polar surface area (TPSA) is 246 Å². The third-order valence-electron chi connectivity index (χ3n) is 11.7. The van der Waals surface area contributed by atoms with Gasteiger partial charge in [0.05, 0.1) is 28.9 Å². The number of aromatic carboxylic acids is 1. The van der Waals surface area contributed by atoms with Crippen molar-refractivity contribution in [1.29, 1.82) is 0 Å². The first kappa shape index (κ1) is 66.0. The molecule has 10 heterocycles. The molecule has 0 aliphatic carbocycles. The second kappa shape index (κ2) is 32.3. The summed E-state index contributed by atoms with van der Waals surface area (Å²) in [6, 6.07) is 40.3. The van der Waals surface area contributed by atoms with Crippen LogP contribution < -0.4 is 0 Å². The maximum Gasteiger partial charge on any atom is 0.338 e. The number of aliphatic hydroxyl groups excluding tert-OH is 1. The lowest BCUT2D eigenvalue weighted by Crippen LogP contribution is -2.04. The Morgan fingerprint density at radius 1 is 0.419 bits per heavy atom. The number of H-pyrrole nitrogens is 3. The maximum absolute atomic E-state index is 12.9. The maximum atomic E-state index is 12.9. The number of aromatic nitrogens is 10. The molecule has 5 N–H and O–H groups in total. The number of halogens is 10. The lowest BCUT2D eigenvalue weighted by molar-refractivity contribution is 0.0696. The Bertz CT molecular complexity index is 4230. The minimum Gasteiger partial charge on any atom is -0.478 e. The number of aliphatic hydroxyl groups is 1. The van der Waals surface area contributed by atoms with Crippen molar-refractivity contribution >= 4 is 172 Å². The lowest BCUT2D eigenvalue weighted by Gasteiger charge is -2.06. The van der Waals surface area contributed by atoms with Gasteiger partial charge in [-0.3, -0.25) is 14.4 Å². The predicted octanol–water partition coefficient (Wildman–Crippen LogP) is 17.0. The lowest BCUT2D eigenvalue weighted by atomic mass is 10.0. The van der Waals surface area contributed by atoms with Crippen molar-refractivity contribution in [2.75, 3.05) is 0 Å². The van der Waals surface area contributed by atoms with Gasteiger partial charge in [0.25, 0.3) is 5.24 Å². The number of hydrogen-bond acceptors (Lipinski definition) is 12. The van der Waals surface area contributed by atoms with Crippen LogP contribution in [-0.4, -0.2) is 82.8 Å². The van der Waals surface area contributed by atoms with Gasteiger partial charge in [0.1, 0.15) is 53.0 Å². The van der Waals surface area contributed by atoms with E-state index in [1.54, 1.807) is 79.5 Å². The van der Waals surface area contributed by atoms with Crippen LogP contribution in [0.2, 0.25) is 46.1 Å². The van der Waals surface area contributed by atoms with Crippen LogP contribution in [0.4, 0.5) is 0 Å². The summed E-state index contributed by atoms with van der Waals surface area (Å²) in [5, 5.41) is 21.4. The van der Waals surface area contributed by atoms with Crippen molar-refractivity contribution in [2.24, 2.45) is 0 Å². The van der Waals surface area contributed by atoms with E-state index >= 15 is 0 Å². The number of ketones is 2. The number of carbonyl (C=O) groups is 4. The van der Waals surface area contributed by atoms with E-state index in [2.05, 4.69) is 49.8 Å². The zero-order chi connectivity index (χ0) is 61.9. The molecule has 26 heteroatoms. The Labute approximate surface area is 539 Å². The first-order chi connectivity index (χ1) is 41.3. The van der Waals surface area contributed by atoms with Crippen LogP contribution in [0.3, 0.4) is 0 Å². The molecule has 12 rings (SSSR count). The van der Waals surface area contributed by atoms with Gasteiger partial charge in [-0.15, -0.1) is 0 Å². The molecule has 2 aromatic carbocycles. The Kier molecular flexibility index (Phi) is 24.8. The van der Waals surface area contributed by atoms with Crippen LogP contribution in [0, 0.1) is 0 Å². The third-order valence-corrected chi connectivity index (χ3v) is 14.2. The van der Waals surface area contributed by atoms with Crippen molar-refractivity contribution in [3.63, 3.8) is 0 Å². The summed E-state index contributed by atoms with van der Waals surface area (Å²) in [7, 11) is 0. The van der Waals surface area contributed by atoms with E-state index < -0.39 is 11.2 Å².